The van der Waals surface area contributed by atoms with E-state index in [4.69, 9.17) is 4.74 Å². The lowest BCUT2D eigenvalue weighted by Crippen LogP contribution is -2.22. The van der Waals surface area contributed by atoms with Crippen LogP contribution in [-0.2, 0) is 20.9 Å². The number of esters is 1. The van der Waals surface area contributed by atoms with Crippen molar-refractivity contribution in [1.29, 1.82) is 0 Å². The van der Waals surface area contributed by atoms with Crippen molar-refractivity contribution in [2.24, 2.45) is 4.99 Å². The normalized spacial score (nSPS) is 12.0. The fourth-order valence-electron chi connectivity index (χ4n) is 2.44. The molecule has 0 radical (unpaired) electrons. The molecule has 0 aliphatic rings. The Morgan fingerprint density at radius 1 is 1.31 bits per heavy atom. The van der Waals surface area contributed by atoms with Crippen LogP contribution in [0.25, 0.3) is 16.3 Å². The monoisotopic (exact) mass is 435 g/mol. The molecular formula is C18H14FN3O5S2. The van der Waals surface area contributed by atoms with Crippen molar-refractivity contribution in [1.82, 2.24) is 4.57 Å². The number of aromatic nitrogens is 1. The molecule has 0 atom stereocenters. The molecule has 150 valence electrons. The minimum atomic E-state index is -0.620. The van der Waals surface area contributed by atoms with Gasteiger partial charge in [-0.05, 0) is 37.3 Å². The minimum absolute atomic E-state index is 0.0344. The topological polar surface area (TPSA) is 104 Å². The van der Waals surface area contributed by atoms with Gasteiger partial charge in [-0.3, -0.25) is 19.7 Å². The van der Waals surface area contributed by atoms with Gasteiger partial charge in [0.2, 0.25) is 0 Å². The second-order valence-electron chi connectivity index (χ2n) is 5.60. The van der Waals surface area contributed by atoms with E-state index in [1.807, 2.05) is 0 Å². The van der Waals surface area contributed by atoms with Crippen LogP contribution in [0.5, 0.6) is 0 Å². The Bertz CT molecular complexity index is 1190. The summed E-state index contributed by atoms with van der Waals surface area (Å²) in [6.07, 6.45) is 2.60. The molecule has 0 fully saturated rings. The zero-order chi connectivity index (χ0) is 21.0. The molecule has 11 heteroatoms. The zero-order valence-corrected chi connectivity index (χ0v) is 16.7. The van der Waals surface area contributed by atoms with E-state index >= 15 is 0 Å². The number of rotatable bonds is 6. The summed E-state index contributed by atoms with van der Waals surface area (Å²) in [5.41, 5.74) is 0.550. The Hall–Kier alpha value is -3.18. The summed E-state index contributed by atoms with van der Waals surface area (Å²) in [7, 11) is 0. The lowest BCUT2D eigenvalue weighted by Gasteiger charge is -2.04. The maximum Gasteiger partial charge on any atom is 0.326 e. The van der Waals surface area contributed by atoms with Crippen molar-refractivity contribution in [3.8, 4) is 0 Å². The first-order chi connectivity index (χ1) is 13.9. The van der Waals surface area contributed by atoms with Gasteiger partial charge in [0.15, 0.2) is 4.80 Å². The summed E-state index contributed by atoms with van der Waals surface area (Å²) in [6, 6.07) is 6.93. The van der Waals surface area contributed by atoms with E-state index in [2.05, 4.69) is 4.99 Å². The number of halogens is 1. The summed E-state index contributed by atoms with van der Waals surface area (Å²) in [5.74, 6) is -1.57. The van der Waals surface area contributed by atoms with Crippen LogP contribution >= 0.6 is 22.7 Å². The number of ether oxygens (including phenoxy) is 1. The fourth-order valence-corrected chi connectivity index (χ4v) is 4.22. The predicted octanol–water partition coefficient (Wildman–Crippen LogP) is 3.52. The highest BCUT2D eigenvalue weighted by atomic mass is 32.1. The molecule has 0 bridgehead atoms. The van der Waals surface area contributed by atoms with Crippen molar-refractivity contribution >= 4 is 55.8 Å². The van der Waals surface area contributed by atoms with Crippen LogP contribution in [0.4, 0.5) is 9.39 Å². The third-order valence-electron chi connectivity index (χ3n) is 3.63. The molecule has 0 spiro atoms. The average molecular weight is 435 g/mol. The number of thiazole rings is 1. The first-order valence-corrected chi connectivity index (χ1v) is 9.96. The number of carbonyl (C=O) groups is 2. The number of nitro groups is 1. The Morgan fingerprint density at radius 3 is 2.79 bits per heavy atom. The van der Waals surface area contributed by atoms with Gasteiger partial charge < -0.3 is 9.30 Å². The molecule has 0 aliphatic carbocycles. The van der Waals surface area contributed by atoms with Crippen LogP contribution in [0.2, 0.25) is 0 Å². The molecule has 1 amide bonds. The smallest absolute Gasteiger partial charge is 0.326 e. The molecule has 0 N–H and O–H groups in total. The number of carbonyl (C=O) groups excluding carboxylic acids is 2. The van der Waals surface area contributed by atoms with Gasteiger partial charge in [-0.2, -0.15) is 4.99 Å². The summed E-state index contributed by atoms with van der Waals surface area (Å²) in [4.78, 5) is 39.1. The van der Waals surface area contributed by atoms with Gasteiger partial charge in [0, 0.05) is 17.0 Å². The Balaban J connectivity index is 1.94. The average Bonchev–Trinajstić information content (AvgIpc) is 3.25. The van der Waals surface area contributed by atoms with E-state index in [1.54, 1.807) is 6.92 Å². The number of benzene rings is 1. The maximum absolute atomic E-state index is 13.5. The molecule has 2 aromatic heterocycles. The quantitative estimate of drug-likeness (QED) is 0.255. The Labute approximate surface area is 171 Å². The van der Waals surface area contributed by atoms with E-state index < -0.39 is 22.6 Å². The molecule has 1 aromatic carbocycles. The number of fused-ring (bicyclic) bond motifs is 1. The highest BCUT2D eigenvalue weighted by Gasteiger charge is 2.13. The van der Waals surface area contributed by atoms with E-state index in [9.17, 15) is 24.1 Å². The van der Waals surface area contributed by atoms with Crippen LogP contribution in [0.1, 0.15) is 11.8 Å². The molecular weight excluding hydrogens is 421 g/mol. The number of nitrogens with zero attached hydrogens (tertiary/aromatic N) is 3. The van der Waals surface area contributed by atoms with Crippen LogP contribution in [0, 0.1) is 15.9 Å². The Kier molecular flexibility index (Phi) is 6.29. The lowest BCUT2D eigenvalue weighted by molar-refractivity contribution is -0.380. The molecule has 0 saturated heterocycles. The lowest BCUT2D eigenvalue weighted by atomic mass is 10.3. The maximum atomic E-state index is 13.5. The van der Waals surface area contributed by atoms with Gasteiger partial charge in [0.1, 0.15) is 12.4 Å². The van der Waals surface area contributed by atoms with Crippen molar-refractivity contribution in [2.45, 2.75) is 13.5 Å². The first kappa shape index (κ1) is 20.6. The predicted molar refractivity (Wildman–Crippen MR) is 107 cm³/mol. The molecule has 3 rings (SSSR count). The summed E-state index contributed by atoms with van der Waals surface area (Å²) in [5, 5.41) is 10.7. The second-order valence-corrected chi connectivity index (χ2v) is 7.71. The van der Waals surface area contributed by atoms with Crippen molar-refractivity contribution in [3.05, 3.63) is 62.0 Å². The van der Waals surface area contributed by atoms with E-state index in [0.29, 0.717) is 15.1 Å². The molecule has 8 nitrogen and oxygen atoms in total. The third-order valence-corrected chi connectivity index (χ3v) is 5.67. The van der Waals surface area contributed by atoms with E-state index in [1.165, 1.54) is 47.1 Å². The second kappa shape index (κ2) is 8.88. The molecule has 0 aliphatic heterocycles. The largest absolute Gasteiger partial charge is 0.465 e. The SMILES string of the molecule is CCOC(=O)Cn1c(=NC(=O)/C=C\c2ccc([N+](=O)[O-])s2)sc2cc(F)ccc21. The van der Waals surface area contributed by atoms with Crippen LogP contribution in [0.3, 0.4) is 0 Å². The number of hydrogen-bond donors (Lipinski definition) is 0. The van der Waals surface area contributed by atoms with Gasteiger partial charge in [0.05, 0.1) is 21.7 Å². The van der Waals surface area contributed by atoms with Gasteiger partial charge in [-0.25, -0.2) is 4.39 Å². The molecule has 0 saturated carbocycles. The third kappa shape index (κ3) is 5.00. The Morgan fingerprint density at radius 2 is 2.10 bits per heavy atom. The van der Waals surface area contributed by atoms with Gasteiger partial charge in [-0.1, -0.05) is 22.7 Å². The van der Waals surface area contributed by atoms with Crippen LogP contribution in [0.15, 0.2) is 41.4 Å². The highest BCUT2D eigenvalue weighted by Crippen LogP contribution is 2.24. The number of amides is 1. The fraction of sp³-hybridized carbons (Fsp3) is 0.167. The van der Waals surface area contributed by atoms with Crippen LogP contribution in [-0.4, -0.2) is 28.0 Å². The summed E-state index contributed by atoms with van der Waals surface area (Å²) < 4.78 is 20.5. The number of hydrogen-bond acceptors (Lipinski definition) is 7. The summed E-state index contributed by atoms with van der Waals surface area (Å²) >= 11 is 1.99. The highest BCUT2D eigenvalue weighted by molar-refractivity contribution is 7.16. The van der Waals surface area contributed by atoms with E-state index in [-0.39, 0.29) is 23.0 Å². The first-order valence-electron chi connectivity index (χ1n) is 8.33. The standard InChI is InChI=1S/C18H14FN3O5S2/c1-2-27-17(24)10-21-13-6-3-11(19)9-14(13)29-18(21)20-15(23)7-4-12-5-8-16(28-12)22(25)26/h3-9H,2,10H2,1H3/b7-4-,20-18?. The number of thiophene rings is 1. The van der Waals surface area contributed by atoms with Crippen molar-refractivity contribution in [2.75, 3.05) is 6.61 Å². The van der Waals surface area contributed by atoms with Gasteiger partial charge in [0.25, 0.3) is 5.91 Å². The summed E-state index contributed by atoms with van der Waals surface area (Å²) in [6.45, 7) is 1.71. The van der Waals surface area contributed by atoms with Crippen molar-refractivity contribution < 1.29 is 23.6 Å². The van der Waals surface area contributed by atoms with Gasteiger partial charge >= 0.3 is 11.0 Å². The van der Waals surface area contributed by atoms with Crippen molar-refractivity contribution in [3.63, 3.8) is 0 Å². The van der Waals surface area contributed by atoms with E-state index in [0.717, 1.165) is 22.7 Å². The molecule has 3 aromatic rings. The zero-order valence-electron chi connectivity index (χ0n) is 15.0. The van der Waals surface area contributed by atoms with Crippen LogP contribution < -0.4 is 4.80 Å². The molecule has 29 heavy (non-hydrogen) atoms. The molecule has 0 unspecified atom stereocenters. The van der Waals surface area contributed by atoms with Gasteiger partial charge in [-0.15, -0.1) is 0 Å². The minimum Gasteiger partial charge on any atom is -0.465 e. The molecule has 2 heterocycles.